The van der Waals surface area contributed by atoms with Crippen molar-refractivity contribution in [1.82, 2.24) is 9.80 Å². The lowest BCUT2D eigenvalue weighted by Gasteiger charge is -2.36. The largest absolute Gasteiger partial charge is 0.375 e. The highest BCUT2D eigenvalue weighted by atomic mass is 16.5. The summed E-state index contributed by atoms with van der Waals surface area (Å²) in [5.41, 5.74) is 3.61. The number of nitrogens with zero attached hydrogens (tertiary/aromatic N) is 3. The molecule has 0 unspecified atom stereocenters. The van der Waals surface area contributed by atoms with Crippen LogP contribution in [0.15, 0.2) is 48.5 Å². The lowest BCUT2D eigenvalue weighted by Crippen LogP contribution is -2.50. The van der Waals surface area contributed by atoms with Gasteiger partial charge in [-0.15, -0.1) is 0 Å². The fraction of sp³-hybridized carbons (Fsp3) is 0.423. The average Bonchev–Trinajstić information content (AvgIpc) is 2.84. The van der Waals surface area contributed by atoms with E-state index in [9.17, 15) is 14.4 Å². The third-order valence-electron chi connectivity index (χ3n) is 5.80. The molecule has 0 saturated carbocycles. The molecule has 0 radical (unpaired) electrons. The van der Waals surface area contributed by atoms with Crippen molar-refractivity contribution in [2.75, 3.05) is 68.5 Å². The Kier molecular flexibility index (Phi) is 9.48. The van der Waals surface area contributed by atoms with Gasteiger partial charge in [-0.2, -0.15) is 0 Å². The lowest BCUT2D eigenvalue weighted by atomic mass is 10.2. The van der Waals surface area contributed by atoms with Crippen LogP contribution in [0.1, 0.15) is 18.9 Å². The van der Waals surface area contributed by atoms with Gasteiger partial charge < -0.3 is 30.1 Å². The number of nitrogens with one attached hydrogen (secondary N) is 2. The summed E-state index contributed by atoms with van der Waals surface area (Å²) in [6, 6.07) is 15.3. The van der Waals surface area contributed by atoms with Crippen molar-refractivity contribution >= 4 is 34.9 Å². The summed E-state index contributed by atoms with van der Waals surface area (Å²) in [6.45, 7) is 7.10. The van der Waals surface area contributed by atoms with Crippen LogP contribution in [0.4, 0.5) is 21.9 Å². The van der Waals surface area contributed by atoms with E-state index >= 15 is 0 Å². The van der Waals surface area contributed by atoms with Gasteiger partial charge in [-0.1, -0.05) is 19.1 Å². The smallest absolute Gasteiger partial charge is 0.321 e. The van der Waals surface area contributed by atoms with Gasteiger partial charge in [0.25, 0.3) is 0 Å². The molecule has 0 aromatic heterocycles. The van der Waals surface area contributed by atoms with Crippen molar-refractivity contribution in [3.05, 3.63) is 54.1 Å². The van der Waals surface area contributed by atoms with Crippen molar-refractivity contribution in [2.45, 2.75) is 20.3 Å². The fourth-order valence-electron chi connectivity index (χ4n) is 4.00. The number of piperazine rings is 1. The van der Waals surface area contributed by atoms with E-state index < -0.39 is 0 Å². The van der Waals surface area contributed by atoms with E-state index in [1.165, 1.54) is 12.0 Å². The Morgan fingerprint density at radius 1 is 0.971 bits per heavy atom. The molecule has 1 fully saturated rings. The molecular formula is C26H35N5O4. The van der Waals surface area contributed by atoms with Gasteiger partial charge in [0.1, 0.15) is 6.61 Å². The van der Waals surface area contributed by atoms with Gasteiger partial charge in [-0.3, -0.25) is 9.59 Å². The molecule has 1 saturated heterocycles. The number of urea groups is 1. The number of carbonyl (C=O) groups excluding carboxylic acids is 3. The SMILES string of the molecule is CCCN(CC(=O)Nc1ccc(N2CCN(C(=O)Nc3cccc(C)c3)CC2)cc1)C(=O)COC. The van der Waals surface area contributed by atoms with E-state index in [4.69, 9.17) is 4.74 Å². The normalized spacial score (nSPS) is 13.3. The Morgan fingerprint density at radius 2 is 1.69 bits per heavy atom. The van der Waals surface area contributed by atoms with Crippen molar-refractivity contribution < 1.29 is 19.1 Å². The van der Waals surface area contributed by atoms with E-state index in [2.05, 4.69) is 15.5 Å². The molecule has 0 aliphatic carbocycles. The van der Waals surface area contributed by atoms with Crippen LogP contribution in [-0.2, 0) is 14.3 Å². The van der Waals surface area contributed by atoms with Crippen LogP contribution in [0, 0.1) is 6.92 Å². The molecule has 9 nitrogen and oxygen atoms in total. The van der Waals surface area contributed by atoms with Crippen LogP contribution in [0.2, 0.25) is 0 Å². The molecule has 2 aromatic rings. The number of aryl methyl sites for hydroxylation is 1. The van der Waals surface area contributed by atoms with Crippen molar-refractivity contribution in [3.8, 4) is 0 Å². The van der Waals surface area contributed by atoms with E-state index in [-0.39, 0.29) is 31.0 Å². The zero-order chi connectivity index (χ0) is 25.2. The zero-order valence-corrected chi connectivity index (χ0v) is 20.8. The summed E-state index contributed by atoms with van der Waals surface area (Å²) >= 11 is 0. The predicted octanol–water partition coefficient (Wildman–Crippen LogP) is 3.17. The third-order valence-corrected chi connectivity index (χ3v) is 5.80. The molecular weight excluding hydrogens is 446 g/mol. The number of benzene rings is 2. The summed E-state index contributed by atoms with van der Waals surface area (Å²) < 4.78 is 4.90. The molecule has 2 N–H and O–H groups in total. The number of anilines is 3. The van der Waals surface area contributed by atoms with Gasteiger partial charge in [0, 0.05) is 56.9 Å². The minimum atomic E-state index is -0.246. The number of hydrogen-bond acceptors (Lipinski definition) is 5. The van der Waals surface area contributed by atoms with E-state index in [0.717, 1.165) is 36.4 Å². The number of rotatable bonds is 9. The minimum Gasteiger partial charge on any atom is -0.375 e. The highest BCUT2D eigenvalue weighted by Crippen LogP contribution is 2.20. The van der Waals surface area contributed by atoms with Gasteiger partial charge in [0.2, 0.25) is 11.8 Å². The molecule has 0 atom stereocenters. The van der Waals surface area contributed by atoms with Gasteiger partial charge >= 0.3 is 6.03 Å². The Bertz CT molecular complexity index is 1000. The number of hydrogen-bond donors (Lipinski definition) is 2. The highest BCUT2D eigenvalue weighted by molar-refractivity contribution is 5.95. The van der Waals surface area contributed by atoms with Crippen LogP contribution in [-0.4, -0.2) is 80.6 Å². The second-order valence-electron chi connectivity index (χ2n) is 8.62. The van der Waals surface area contributed by atoms with Gasteiger partial charge in [-0.05, 0) is 55.3 Å². The van der Waals surface area contributed by atoms with E-state index in [1.807, 2.05) is 67.3 Å². The number of ether oxygens (including phenoxy) is 1. The first-order valence-corrected chi connectivity index (χ1v) is 11.9. The van der Waals surface area contributed by atoms with Crippen molar-refractivity contribution in [2.24, 2.45) is 0 Å². The van der Waals surface area contributed by atoms with Crippen molar-refractivity contribution in [3.63, 3.8) is 0 Å². The van der Waals surface area contributed by atoms with E-state index in [0.29, 0.717) is 25.3 Å². The monoisotopic (exact) mass is 481 g/mol. The molecule has 9 heteroatoms. The standard InChI is InChI=1S/C26H35N5O4/c1-4-12-31(25(33)19-35-3)18-24(32)27-21-8-10-23(11-9-21)29-13-15-30(16-14-29)26(34)28-22-7-5-6-20(2)17-22/h5-11,17H,4,12-16,18-19H2,1-3H3,(H,27,32)(H,28,34). The van der Waals surface area contributed by atoms with Crippen LogP contribution in [0.25, 0.3) is 0 Å². The Labute approximate surface area is 207 Å². The van der Waals surface area contributed by atoms with Crippen LogP contribution >= 0.6 is 0 Å². The molecule has 4 amide bonds. The zero-order valence-electron chi connectivity index (χ0n) is 20.8. The highest BCUT2D eigenvalue weighted by Gasteiger charge is 2.22. The van der Waals surface area contributed by atoms with Crippen molar-refractivity contribution in [1.29, 1.82) is 0 Å². The predicted molar refractivity (Wildman–Crippen MR) is 138 cm³/mol. The number of amides is 4. The summed E-state index contributed by atoms with van der Waals surface area (Å²) in [5, 5.41) is 5.82. The maximum Gasteiger partial charge on any atom is 0.321 e. The van der Waals surface area contributed by atoms with E-state index in [1.54, 1.807) is 0 Å². The topological polar surface area (TPSA) is 94.2 Å². The summed E-state index contributed by atoms with van der Waals surface area (Å²) in [4.78, 5) is 42.7. The summed E-state index contributed by atoms with van der Waals surface area (Å²) in [5.74, 6) is -0.449. The summed E-state index contributed by atoms with van der Waals surface area (Å²) in [6.07, 6.45) is 0.762. The molecule has 35 heavy (non-hydrogen) atoms. The van der Waals surface area contributed by atoms with Crippen LogP contribution in [0.3, 0.4) is 0 Å². The maximum absolute atomic E-state index is 12.6. The molecule has 1 heterocycles. The number of methoxy groups -OCH3 is 1. The molecule has 1 aliphatic rings. The Morgan fingerprint density at radius 3 is 2.31 bits per heavy atom. The third kappa shape index (κ3) is 7.71. The average molecular weight is 482 g/mol. The first-order chi connectivity index (χ1) is 16.9. The molecule has 3 rings (SSSR count). The molecule has 2 aromatic carbocycles. The van der Waals surface area contributed by atoms with Gasteiger partial charge in [0.05, 0.1) is 6.54 Å². The molecule has 0 spiro atoms. The molecule has 188 valence electrons. The second-order valence-corrected chi connectivity index (χ2v) is 8.62. The van der Waals surface area contributed by atoms with Gasteiger partial charge in [0.15, 0.2) is 0 Å². The fourth-order valence-corrected chi connectivity index (χ4v) is 4.00. The quantitative estimate of drug-likeness (QED) is 0.574. The van der Waals surface area contributed by atoms with Crippen LogP contribution in [0.5, 0.6) is 0 Å². The van der Waals surface area contributed by atoms with Crippen LogP contribution < -0.4 is 15.5 Å². The van der Waals surface area contributed by atoms with Gasteiger partial charge in [-0.25, -0.2) is 4.79 Å². The first-order valence-electron chi connectivity index (χ1n) is 11.9. The molecule has 0 bridgehead atoms. The Balaban J connectivity index is 1.48. The first kappa shape index (κ1) is 26.0. The minimum absolute atomic E-state index is 0.00956. The molecule has 1 aliphatic heterocycles. The summed E-state index contributed by atoms with van der Waals surface area (Å²) in [7, 11) is 1.46. The number of carbonyl (C=O) groups is 3. The maximum atomic E-state index is 12.6. The lowest BCUT2D eigenvalue weighted by molar-refractivity contribution is -0.138. The Hall–Kier alpha value is -3.59. The second kappa shape index (κ2) is 12.8.